The highest BCUT2D eigenvalue weighted by Crippen LogP contribution is 2.40. The molecule has 0 aliphatic carbocycles. The second kappa shape index (κ2) is 3.59. The van der Waals surface area contributed by atoms with Crippen molar-refractivity contribution >= 4 is 15.9 Å². The zero-order valence-corrected chi connectivity index (χ0v) is 9.13. The monoisotopic (exact) mass is 262 g/mol. The molecule has 0 heterocycles. The molecule has 0 unspecified atom stereocenters. The second-order valence-corrected chi connectivity index (χ2v) is 4.82. The summed E-state index contributed by atoms with van der Waals surface area (Å²) in [6.07, 6.45) is 1.28. The molecule has 0 aliphatic rings. The summed E-state index contributed by atoms with van der Waals surface area (Å²) < 4.78 is 49.5. The molecule has 0 saturated carbocycles. The van der Waals surface area contributed by atoms with Gasteiger partial charge in [0, 0.05) is 0 Å². The van der Waals surface area contributed by atoms with Crippen molar-refractivity contribution in [2.24, 2.45) is 5.41 Å². The van der Waals surface area contributed by atoms with E-state index in [9.17, 15) is 17.6 Å². The Hall–Kier alpha value is -0.0600. The zero-order valence-electron chi connectivity index (χ0n) is 7.54. The van der Waals surface area contributed by atoms with Gasteiger partial charge in [0.1, 0.15) is 0 Å². The molecule has 0 aromatic carbocycles. The lowest BCUT2D eigenvalue weighted by atomic mass is 9.95. The second-order valence-electron chi connectivity index (χ2n) is 3.82. The van der Waals surface area contributed by atoms with Crippen LogP contribution in [0.5, 0.6) is 0 Å². The maximum atomic E-state index is 12.6. The van der Waals surface area contributed by atoms with Crippen molar-refractivity contribution in [2.45, 2.75) is 31.5 Å². The normalized spacial score (nSPS) is 15.4. The van der Waals surface area contributed by atoms with Crippen LogP contribution < -0.4 is 0 Å². The summed E-state index contributed by atoms with van der Waals surface area (Å²) in [6, 6.07) is 0. The van der Waals surface area contributed by atoms with Gasteiger partial charge in [0.2, 0.25) is 0 Å². The predicted octanol–water partition coefficient (Wildman–Crippen LogP) is 4.21. The summed E-state index contributed by atoms with van der Waals surface area (Å²) in [5.74, 6) is -4.15. The first-order chi connectivity index (χ1) is 5.46. The maximum Gasteiger partial charge on any atom is 0.367 e. The highest BCUT2D eigenvalue weighted by molar-refractivity contribution is 9.10. The van der Waals surface area contributed by atoms with Crippen molar-refractivity contribution in [1.82, 2.24) is 0 Å². The summed E-state index contributed by atoms with van der Waals surface area (Å²) in [5.41, 5.74) is -0.540. The Morgan fingerprint density at radius 3 is 1.54 bits per heavy atom. The fourth-order valence-electron chi connectivity index (χ4n) is 0.449. The Kier molecular flexibility index (Phi) is 3.58. The van der Waals surface area contributed by atoms with E-state index in [0.29, 0.717) is 0 Å². The van der Waals surface area contributed by atoms with Crippen molar-refractivity contribution < 1.29 is 17.6 Å². The molecule has 0 amide bonds. The molecule has 78 valence electrons. The molecular formula is C8H11BrF4. The number of hydrogen-bond donors (Lipinski definition) is 0. The van der Waals surface area contributed by atoms with E-state index in [1.165, 1.54) is 0 Å². The average Bonchev–Trinajstić information content (AvgIpc) is 1.79. The van der Waals surface area contributed by atoms with Crippen LogP contribution in [0.3, 0.4) is 0 Å². The van der Waals surface area contributed by atoms with E-state index in [1.54, 1.807) is 36.7 Å². The van der Waals surface area contributed by atoms with Crippen molar-refractivity contribution in [1.29, 1.82) is 0 Å². The van der Waals surface area contributed by atoms with Gasteiger partial charge in [-0.25, -0.2) is 0 Å². The van der Waals surface area contributed by atoms with Gasteiger partial charge in [-0.15, -0.1) is 0 Å². The number of halogens is 5. The first-order valence-corrected chi connectivity index (χ1v) is 4.40. The van der Waals surface area contributed by atoms with E-state index < -0.39 is 16.2 Å². The van der Waals surface area contributed by atoms with Gasteiger partial charge < -0.3 is 0 Å². The molecule has 0 spiro atoms. The van der Waals surface area contributed by atoms with Gasteiger partial charge in [0.15, 0.2) is 0 Å². The van der Waals surface area contributed by atoms with Crippen molar-refractivity contribution in [3.63, 3.8) is 0 Å². The molecule has 0 nitrogen and oxygen atoms in total. The van der Waals surface area contributed by atoms with Crippen LogP contribution in [0.1, 0.15) is 20.8 Å². The smallest absolute Gasteiger partial charge is 0.194 e. The van der Waals surface area contributed by atoms with Crippen LogP contribution in [-0.4, -0.2) is 10.8 Å². The average molecular weight is 263 g/mol. The molecule has 0 aromatic rings. The van der Waals surface area contributed by atoms with Crippen molar-refractivity contribution in [3.8, 4) is 0 Å². The molecule has 0 bridgehead atoms. The fraction of sp³-hybridized carbons (Fsp3) is 0.750. The van der Waals surface area contributed by atoms with Gasteiger partial charge in [0.25, 0.3) is 0 Å². The highest BCUT2D eigenvalue weighted by Gasteiger charge is 2.52. The van der Waals surface area contributed by atoms with Gasteiger partial charge in [-0.2, -0.15) is 17.6 Å². The highest BCUT2D eigenvalue weighted by atomic mass is 79.9. The molecule has 0 N–H and O–H groups in total. The maximum absolute atomic E-state index is 12.6. The minimum Gasteiger partial charge on any atom is -0.194 e. The van der Waals surface area contributed by atoms with Crippen LogP contribution in [-0.2, 0) is 0 Å². The molecule has 0 radical (unpaired) electrons. The Balaban J connectivity index is 4.62. The van der Waals surface area contributed by atoms with Gasteiger partial charge in [-0.3, -0.25) is 0 Å². The topological polar surface area (TPSA) is 0 Å². The van der Waals surface area contributed by atoms with Crippen LogP contribution >= 0.6 is 15.9 Å². The van der Waals surface area contributed by atoms with Gasteiger partial charge in [-0.1, -0.05) is 26.8 Å². The third-order valence-corrected chi connectivity index (χ3v) is 1.70. The molecule has 0 fully saturated rings. The molecule has 0 aromatic heterocycles. The van der Waals surface area contributed by atoms with Crippen LogP contribution in [0.4, 0.5) is 17.6 Å². The first kappa shape index (κ1) is 12.9. The fourth-order valence-corrected chi connectivity index (χ4v) is 0.581. The van der Waals surface area contributed by atoms with Crippen LogP contribution in [0.25, 0.3) is 0 Å². The van der Waals surface area contributed by atoms with Crippen molar-refractivity contribution in [2.75, 3.05) is 0 Å². The number of rotatable bonds is 2. The van der Waals surface area contributed by atoms with E-state index in [1.807, 2.05) is 0 Å². The molecule has 5 heteroatoms. The van der Waals surface area contributed by atoms with E-state index >= 15 is 0 Å². The minimum absolute atomic E-state index is 0.224. The lowest BCUT2D eigenvalue weighted by Gasteiger charge is -2.19. The number of hydrogen-bond acceptors (Lipinski definition) is 0. The largest absolute Gasteiger partial charge is 0.367 e. The van der Waals surface area contributed by atoms with Gasteiger partial charge in [-0.05, 0) is 27.4 Å². The molecule has 13 heavy (non-hydrogen) atoms. The summed E-state index contributed by atoms with van der Waals surface area (Å²) in [4.78, 5) is -4.19. The molecule has 0 saturated heterocycles. The SMILES string of the molecule is CC(C)(C)C=CC(F)(F)C(F)(F)Br. The summed E-state index contributed by atoms with van der Waals surface area (Å²) in [6.45, 7) is 4.93. The molecule has 0 rings (SSSR count). The lowest BCUT2D eigenvalue weighted by Crippen LogP contribution is -2.32. The molecular weight excluding hydrogens is 252 g/mol. The Morgan fingerprint density at radius 1 is 0.923 bits per heavy atom. The third-order valence-electron chi connectivity index (χ3n) is 1.17. The van der Waals surface area contributed by atoms with Gasteiger partial charge in [0.05, 0.1) is 0 Å². The van der Waals surface area contributed by atoms with E-state index in [-0.39, 0.29) is 6.08 Å². The minimum atomic E-state index is -4.19. The first-order valence-electron chi connectivity index (χ1n) is 3.61. The van der Waals surface area contributed by atoms with Crippen LogP contribution in [0.2, 0.25) is 0 Å². The Bertz CT molecular complexity index is 197. The van der Waals surface area contributed by atoms with Crippen LogP contribution in [0, 0.1) is 5.41 Å². The Labute approximate surface area is 83.1 Å². The number of allylic oxidation sites excluding steroid dienone is 2. The van der Waals surface area contributed by atoms with Crippen molar-refractivity contribution in [3.05, 3.63) is 12.2 Å². The third kappa shape index (κ3) is 4.64. The summed E-state index contributed by atoms with van der Waals surface area (Å²) in [7, 11) is 0. The number of alkyl halides is 5. The standard InChI is InChI=1S/C8H11BrF4/c1-6(2,3)4-5-7(10,11)8(9,12)13/h4-5H,1-3H3. The predicted molar refractivity (Wildman–Crippen MR) is 47.4 cm³/mol. The summed E-state index contributed by atoms with van der Waals surface area (Å²) in [5, 5.41) is 0. The summed E-state index contributed by atoms with van der Waals surface area (Å²) >= 11 is 1.63. The van der Waals surface area contributed by atoms with E-state index in [0.717, 1.165) is 6.08 Å². The Morgan fingerprint density at radius 2 is 1.31 bits per heavy atom. The molecule has 0 aliphatic heterocycles. The van der Waals surface area contributed by atoms with E-state index in [4.69, 9.17) is 0 Å². The zero-order chi connectivity index (χ0) is 10.9. The van der Waals surface area contributed by atoms with Crippen LogP contribution in [0.15, 0.2) is 12.2 Å². The lowest BCUT2D eigenvalue weighted by molar-refractivity contribution is -0.111. The molecule has 0 atom stereocenters. The van der Waals surface area contributed by atoms with Gasteiger partial charge >= 0.3 is 10.8 Å². The quantitative estimate of drug-likeness (QED) is 0.397. The van der Waals surface area contributed by atoms with E-state index in [2.05, 4.69) is 0 Å².